The molecule has 4 aromatic heterocycles. The van der Waals surface area contributed by atoms with Gasteiger partial charge in [-0.15, -0.1) is 0 Å². The van der Waals surface area contributed by atoms with Crippen molar-refractivity contribution in [1.82, 2.24) is 39.9 Å². The first kappa shape index (κ1) is 28.1. The van der Waals surface area contributed by atoms with Crippen LogP contribution in [0.5, 0.6) is 0 Å². The van der Waals surface area contributed by atoms with E-state index in [1.807, 2.05) is 38.5 Å². The average molecular weight is 594 g/mol. The lowest BCUT2D eigenvalue weighted by Crippen LogP contribution is -2.20. The Labute approximate surface area is 253 Å². The van der Waals surface area contributed by atoms with Crippen LogP contribution in [0.2, 0.25) is 0 Å². The summed E-state index contributed by atoms with van der Waals surface area (Å²) in [6.07, 6.45) is 7.61. The number of hydrogen-bond acceptors (Lipinski definition) is 7. The normalized spacial score (nSPS) is 13.9. The van der Waals surface area contributed by atoms with Crippen molar-refractivity contribution in [2.75, 3.05) is 45.6 Å². The molecule has 6 aromatic rings. The topological polar surface area (TPSA) is 102 Å². The second-order valence-electron chi connectivity index (χ2n) is 11.6. The molecular weight excluding hydrogens is 560 g/mol. The van der Waals surface area contributed by atoms with Gasteiger partial charge in [0, 0.05) is 72.1 Å². The number of aromatic nitrogens is 6. The number of aromatic amines is 2. The maximum absolute atomic E-state index is 15.4. The average Bonchev–Trinajstić information content (AvgIpc) is 3.76. The van der Waals surface area contributed by atoms with E-state index in [0.717, 1.165) is 37.3 Å². The van der Waals surface area contributed by atoms with Gasteiger partial charge < -0.3 is 15.2 Å². The standard InChI is InChI=1S/C33H33F2N9/c1-43(2)10-7-37-24-13-21(12-23(34)14-24)25-5-6-38-32-30(25)39-33(40-32)31-27-15-26(28(35)16-29(27)41-42-31)22-11-20(17-36-18-22)19-44-8-3-4-9-44/h5-6,11-18,37H,3-4,7-10,19H2,1-2H3,(H,41,42)(H,38,39,40). The maximum Gasteiger partial charge on any atom is 0.178 e. The number of nitrogens with one attached hydrogen (secondary N) is 3. The van der Waals surface area contributed by atoms with Gasteiger partial charge in [0.05, 0.1) is 11.0 Å². The van der Waals surface area contributed by atoms with Gasteiger partial charge in [0.15, 0.2) is 11.5 Å². The number of anilines is 1. The van der Waals surface area contributed by atoms with Crippen molar-refractivity contribution in [3.63, 3.8) is 0 Å². The van der Waals surface area contributed by atoms with Crippen LogP contribution in [0.3, 0.4) is 0 Å². The summed E-state index contributed by atoms with van der Waals surface area (Å²) in [7, 11) is 3.99. The second kappa shape index (κ2) is 11.7. The number of likely N-dealkylation sites (tertiary alicyclic amines) is 1. The number of pyridine rings is 2. The van der Waals surface area contributed by atoms with E-state index in [0.29, 0.717) is 62.5 Å². The summed E-state index contributed by atoms with van der Waals surface area (Å²) >= 11 is 0. The molecule has 5 heterocycles. The van der Waals surface area contributed by atoms with Gasteiger partial charge in [0.1, 0.15) is 17.3 Å². The lowest BCUT2D eigenvalue weighted by molar-refractivity contribution is 0.331. The monoisotopic (exact) mass is 593 g/mol. The zero-order valence-electron chi connectivity index (χ0n) is 24.7. The summed E-state index contributed by atoms with van der Waals surface area (Å²) in [5.74, 6) is -0.223. The van der Waals surface area contributed by atoms with Crippen LogP contribution in [-0.4, -0.2) is 80.2 Å². The predicted octanol–water partition coefficient (Wildman–Crippen LogP) is 6.08. The third kappa shape index (κ3) is 5.63. The molecule has 0 amide bonds. The first-order valence-corrected chi connectivity index (χ1v) is 14.8. The highest BCUT2D eigenvalue weighted by Crippen LogP contribution is 2.35. The molecule has 44 heavy (non-hydrogen) atoms. The first-order valence-electron chi connectivity index (χ1n) is 14.8. The quantitative estimate of drug-likeness (QED) is 0.187. The van der Waals surface area contributed by atoms with Crippen LogP contribution >= 0.6 is 0 Å². The Morgan fingerprint density at radius 3 is 2.68 bits per heavy atom. The molecule has 1 aliphatic heterocycles. The lowest BCUT2D eigenvalue weighted by atomic mass is 10.0. The van der Waals surface area contributed by atoms with E-state index in [4.69, 9.17) is 4.98 Å². The lowest BCUT2D eigenvalue weighted by Gasteiger charge is -2.15. The Balaban J connectivity index is 1.24. The van der Waals surface area contributed by atoms with Gasteiger partial charge in [0.25, 0.3) is 0 Å². The molecule has 0 bridgehead atoms. The molecule has 11 heteroatoms. The highest BCUT2D eigenvalue weighted by atomic mass is 19.1. The third-order valence-corrected chi connectivity index (χ3v) is 8.07. The van der Waals surface area contributed by atoms with E-state index < -0.39 is 0 Å². The molecule has 7 rings (SSSR count). The van der Waals surface area contributed by atoms with Crippen molar-refractivity contribution < 1.29 is 8.78 Å². The fraction of sp³-hybridized carbons (Fsp3) is 0.273. The molecule has 0 unspecified atom stereocenters. The molecule has 0 radical (unpaired) electrons. The number of halogens is 2. The van der Waals surface area contributed by atoms with Gasteiger partial charge in [-0.25, -0.2) is 18.7 Å². The van der Waals surface area contributed by atoms with E-state index in [1.54, 1.807) is 18.5 Å². The smallest absolute Gasteiger partial charge is 0.178 e. The van der Waals surface area contributed by atoms with Crippen LogP contribution in [0.4, 0.5) is 14.5 Å². The van der Waals surface area contributed by atoms with E-state index >= 15 is 4.39 Å². The highest BCUT2D eigenvalue weighted by molar-refractivity contribution is 5.97. The van der Waals surface area contributed by atoms with Crippen LogP contribution in [0.1, 0.15) is 18.4 Å². The van der Waals surface area contributed by atoms with Crippen molar-refractivity contribution in [3.8, 4) is 33.8 Å². The molecule has 0 aliphatic carbocycles. The predicted molar refractivity (Wildman–Crippen MR) is 169 cm³/mol. The Kier molecular flexibility index (Phi) is 7.49. The van der Waals surface area contributed by atoms with Crippen molar-refractivity contribution in [2.45, 2.75) is 19.4 Å². The maximum atomic E-state index is 15.4. The Bertz CT molecular complexity index is 1960. The minimum Gasteiger partial charge on any atom is -0.384 e. The molecule has 1 fully saturated rings. The number of hydrogen-bond donors (Lipinski definition) is 3. The van der Waals surface area contributed by atoms with Crippen LogP contribution in [0, 0.1) is 11.6 Å². The summed E-state index contributed by atoms with van der Waals surface area (Å²) in [6, 6.07) is 12.0. The van der Waals surface area contributed by atoms with Gasteiger partial charge >= 0.3 is 0 Å². The zero-order chi connectivity index (χ0) is 30.2. The number of rotatable bonds is 9. The SMILES string of the molecule is CN(C)CCNc1cc(F)cc(-c2ccnc3nc(-c4n[nH]c5cc(F)c(-c6cncc(CN7CCCC7)c6)cc45)[nH]c23)c1. The van der Waals surface area contributed by atoms with E-state index in [9.17, 15) is 4.39 Å². The number of fused-ring (bicyclic) bond motifs is 2. The van der Waals surface area contributed by atoms with Gasteiger partial charge in [-0.1, -0.05) is 0 Å². The fourth-order valence-corrected chi connectivity index (χ4v) is 5.89. The third-order valence-electron chi connectivity index (χ3n) is 8.07. The largest absolute Gasteiger partial charge is 0.384 e. The number of likely N-dealkylation sites (N-methyl/N-ethyl adjacent to an activating group) is 1. The Hall–Kier alpha value is -4.74. The van der Waals surface area contributed by atoms with Crippen LogP contribution in [-0.2, 0) is 6.54 Å². The fourth-order valence-electron chi connectivity index (χ4n) is 5.89. The van der Waals surface area contributed by atoms with Crippen molar-refractivity contribution in [1.29, 1.82) is 0 Å². The summed E-state index contributed by atoms with van der Waals surface area (Å²) < 4.78 is 30.1. The summed E-state index contributed by atoms with van der Waals surface area (Å²) in [5, 5.41) is 11.4. The van der Waals surface area contributed by atoms with E-state index in [2.05, 4.69) is 40.3 Å². The Morgan fingerprint density at radius 2 is 1.84 bits per heavy atom. The number of imidazole rings is 1. The molecule has 0 saturated carbocycles. The molecule has 2 aromatic carbocycles. The van der Waals surface area contributed by atoms with E-state index in [1.165, 1.54) is 31.0 Å². The molecular formula is C33H33F2N9. The molecule has 1 aliphatic rings. The summed E-state index contributed by atoms with van der Waals surface area (Å²) in [6.45, 7) is 4.45. The zero-order valence-corrected chi connectivity index (χ0v) is 24.7. The molecule has 0 spiro atoms. The van der Waals surface area contributed by atoms with Crippen LogP contribution in [0.15, 0.2) is 61.1 Å². The molecule has 224 valence electrons. The second-order valence-corrected chi connectivity index (χ2v) is 11.6. The van der Waals surface area contributed by atoms with Crippen molar-refractivity contribution >= 4 is 27.8 Å². The van der Waals surface area contributed by atoms with E-state index in [-0.39, 0.29) is 11.6 Å². The van der Waals surface area contributed by atoms with Crippen molar-refractivity contribution in [3.05, 3.63) is 78.3 Å². The molecule has 9 nitrogen and oxygen atoms in total. The minimum absolute atomic E-state index is 0.341. The number of nitrogens with zero attached hydrogens (tertiary/aromatic N) is 6. The minimum atomic E-state index is -0.359. The number of benzene rings is 2. The molecule has 3 N–H and O–H groups in total. The molecule has 1 saturated heterocycles. The van der Waals surface area contributed by atoms with Gasteiger partial charge in [-0.3, -0.25) is 15.0 Å². The first-order chi connectivity index (χ1) is 21.4. The van der Waals surface area contributed by atoms with Crippen LogP contribution in [0.25, 0.3) is 55.8 Å². The van der Waals surface area contributed by atoms with Gasteiger partial charge in [-0.2, -0.15) is 5.10 Å². The van der Waals surface area contributed by atoms with Crippen molar-refractivity contribution in [2.24, 2.45) is 0 Å². The molecule has 0 atom stereocenters. The van der Waals surface area contributed by atoms with Crippen LogP contribution < -0.4 is 5.32 Å². The van der Waals surface area contributed by atoms with Gasteiger partial charge in [0.2, 0.25) is 0 Å². The summed E-state index contributed by atoms with van der Waals surface area (Å²) in [5.41, 5.74) is 6.58. The number of H-pyrrole nitrogens is 2. The highest BCUT2D eigenvalue weighted by Gasteiger charge is 2.19. The Morgan fingerprint density at radius 1 is 0.977 bits per heavy atom. The summed E-state index contributed by atoms with van der Waals surface area (Å²) in [4.78, 5) is 21.4. The van der Waals surface area contributed by atoms with Gasteiger partial charge in [-0.05, 0) is 87.6 Å².